The Morgan fingerprint density at radius 3 is 2.58 bits per heavy atom. The van der Waals surface area contributed by atoms with Crippen molar-refractivity contribution in [1.29, 1.82) is 0 Å². The third-order valence-electron chi connectivity index (χ3n) is 9.78. The van der Waals surface area contributed by atoms with Gasteiger partial charge in [-0.15, -0.1) is 10.2 Å². The normalized spacial score (nSPS) is 23.7. The van der Waals surface area contributed by atoms with Crippen LogP contribution in [0, 0.1) is 5.92 Å². The van der Waals surface area contributed by atoms with Gasteiger partial charge in [-0.3, -0.25) is 4.79 Å². The van der Waals surface area contributed by atoms with Crippen molar-refractivity contribution in [2.75, 3.05) is 11.5 Å². The number of carbonyl (C=O) groups excluding carboxylic acids is 1. The zero-order chi connectivity index (χ0) is 30.3. The van der Waals surface area contributed by atoms with Gasteiger partial charge < -0.3 is 24.3 Å². The molecule has 4 aromatic rings. The average molecular weight is 594 g/mol. The predicted octanol–water partition coefficient (Wildman–Crippen LogP) is 4.92. The number of amides is 1. The van der Waals surface area contributed by atoms with Gasteiger partial charge in [0.15, 0.2) is 5.65 Å². The summed E-state index contributed by atoms with van der Waals surface area (Å²) in [5.41, 5.74) is 0.449. The Balaban J connectivity index is 1.33. The van der Waals surface area contributed by atoms with E-state index < -0.39 is 29.1 Å². The summed E-state index contributed by atoms with van der Waals surface area (Å²) in [7, 11) is 1.90. The Morgan fingerprint density at radius 1 is 1.21 bits per heavy atom. The van der Waals surface area contributed by atoms with E-state index >= 15 is 0 Å². The minimum absolute atomic E-state index is 0.000715. The monoisotopic (exact) mass is 593 g/mol. The molecule has 1 amide bonds. The zero-order valence-electron chi connectivity index (χ0n) is 24.3. The molecular formula is C31H34F3N7O2. The van der Waals surface area contributed by atoms with Gasteiger partial charge in [-0.05, 0) is 79.8 Å². The Kier molecular flexibility index (Phi) is 6.27. The number of anilines is 1. The van der Waals surface area contributed by atoms with Gasteiger partial charge in [0.05, 0.1) is 35.9 Å². The van der Waals surface area contributed by atoms with E-state index in [1.807, 2.05) is 35.2 Å². The van der Waals surface area contributed by atoms with Gasteiger partial charge in [-0.1, -0.05) is 6.92 Å². The number of benzene rings is 1. The summed E-state index contributed by atoms with van der Waals surface area (Å²) in [6.45, 7) is 3.55. The molecule has 0 saturated heterocycles. The number of aryl methyl sites for hydroxylation is 1. The van der Waals surface area contributed by atoms with Crippen LogP contribution in [0.3, 0.4) is 0 Å². The SMILES string of the molecule is CC1CC(c2cc(N3Cc4c(cc(C(CO)NC5(C)CCC5)cc4C(F)(F)F)C3=O)c3nccn3c2)(c2nncn2C)C1. The first-order valence-electron chi connectivity index (χ1n) is 14.7. The molecule has 43 heavy (non-hydrogen) atoms. The third-order valence-corrected chi connectivity index (χ3v) is 9.78. The molecule has 4 heterocycles. The number of hydrogen-bond acceptors (Lipinski definition) is 6. The van der Waals surface area contributed by atoms with Crippen molar-refractivity contribution in [1.82, 2.24) is 29.5 Å². The Labute approximate surface area is 246 Å². The van der Waals surface area contributed by atoms with Gasteiger partial charge in [-0.25, -0.2) is 4.98 Å². The third kappa shape index (κ3) is 4.36. The molecule has 2 saturated carbocycles. The minimum atomic E-state index is -4.68. The summed E-state index contributed by atoms with van der Waals surface area (Å²) in [4.78, 5) is 19.9. The van der Waals surface area contributed by atoms with E-state index in [1.165, 1.54) is 11.0 Å². The Morgan fingerprint density at radius 2 is 1.98 bits per heavy atom. The molecule has 0 spiro atoms. The van der Waals surface area contributed by atoms with Crippen molar-refractivity contribution in [2.24, 2.45) is 13.0 Å². The molecule has 7 rings (SSSR count). The summed E-state index contributed by atoms with van der Waals surface area (Å²) in [5.74, 6) is 0.726. The smallest absolute Gasteiger partial charge is 0.394 e. The fraction of sp³-hybridized carbons (Fsp3) is 0.484. The number of aromatic nitrogens is 5. The molecular weight excluding hydrogens is 559 g/mol. The van der Waals surface area contributed by atoms with Gasteiger partial charge in [0.25, 0.3) is 5.91 Å². The van der Waals surface area contributed by atoms with Crippen molar-refractivity contribution < 1.29 is 23.1 Å². The molecule has 226 valence electrons. The highest BCUT2D eigenvalue weighted by Gasteiger charge is 2.49. The Hall–Kier alpha value is -3.77. The number of imidazole rings is 1. The fourth-order valence-corrected chi connectivity index (χ4v) is 7.45. The molecule has 9 nitrogen and oxygen atoms in total. The summed E-state index contributed by atoms with van der Waals surface area (Å²) in [6.07, 6.45) is 6.76. The molecule has 2 N–H and O–H groups in total. The summed E-state index contributed by atoms with van der Waals surface area (Å²) in [6, 6.07) is 3.76. The van der Waals surface area contributed by atoms with Gasteiger partial charge in [0.1, 0.15) is 12.2 Å². The number of fused-ring (bicyclic) bond motifs is 2. The molecule has 2 aliphatic carbocycles. The lowest BCUT2D eigenvalue weighted by molar-refractivity contribution is -0.138. The van der Waals surface area contributed by atoms with E-state index in [-0.39, 0.29) is 35.4 Å². The number of hydrogen-bond donors (Lipinski definition) is 2. The van der Waals surface area contributed by atoms with Crippen LogP contribution in [-0.2, 0) is 25.2 Å². The standard InChI is InChI=1S/C31H34F3N7O2/c1-18-12-30(13-18,28-38-36-17-39(28)3)20-11-25(26-35-7-8-40(26)14-20)41-15-22-21(27(41)43)9-19(10-23(22)31(32,33)34)24(16-42)37-29(2)5-4-6-29/h7-11,14,17-18,24,37,42H,4-6,12-13,15-16H2,1-3H3. The average Bonchev–Trinajstić information content (AvgIpc) is 3.66. The van der Waals surface area contributed by atoms with E-state index in [0.717, 1.165) is 49.6 Å². The lowest BCUT2D eigenvalue weighted by Crippen LogP contribution is -2.50. The second-order valence-electron chi connectivity index (χ2n) is 12.9. The van der Waals surface area contributed by atoms with Crippen molar-refractivity contribution in [2.45, 2.75) is 75.7 Å². The highest BCUT2D eigenvalue weighted by molar-refractivity contribution is 6.12. The number of alkyl halides is 3. The summed E-state index contributed by atoms with van der Waals surface area (Å²) >= 11 is 0. The molecule has 0 bridgehead atoms. The van der Waals surface area contributed by atoms with Crippen molar-refractivity contribution in [3.63, 3.8) is 0 Å². The van der Waals surface area contributed by atoms with E-state index in [2.05, 4.69) is 27.4 Å². The number of rotatable bonds is 7. The molecule has 12 heteroatoms. The second-order valence-corrected chi connectivity index (χ2v) is 12.9. The maximum Gasteiger partial charge on any atom is 0.416 e. The molecule has 0 radical (unpaired) electrons. The number of aliphatic hydroxyl groups is 1. The lowest BCUT2D eigenvalue weighted by Gasteiger charge is -2.46. The molecule has 1 unspecified atom stereocenters. The molecule has 2 fully saturated rings. The lowest BCUT2D eigenvalue weighted by atomic mass is 9.59. The highest BCUT2D eigenvalue weighted by Crippen LogP contribution is 2.52. The molecule has 3 aliphatic rings. The summed E-state index contributed by atoms with van der Waals surface area (Å²) < 4.78 is 47.3. The summed E-state index contributed by atoms with van der Waals surface area (Å²) in [5, 5.41) is 22.1. The van der Waals surface area contributed by atoms with Gasteiger partial charge in [-0.2, -0.15) is 13.2 Å². The van der Waals surface area contributed by atoms with Crippen LogP contribution < -0.4 is 10.2 Å². The van der Waals surface area contributed by atoms with E-state index in [9.17, 15) is 23.1 Å². The van der Waals surface area contributed by atoms with E-state index in [4.69, 9.17) is 0 Å². The fourth-order valence-electron chi connectivity index (χ4n) is 7.45. The van der Waals surface area contributed by atoms with Crippen LogP contribution in [0.2, 0.25) is 0 Å². The van der Waals surface area contributed by atoms with Crippen LogP contribution in [0.15, 0.2) is 43.1 Å². The first kappa shape index (κ1) is 28.0. The zero-order valence-corrected chi connectivity index (χ0v) is 24.3. The topological polar surface area (TPSA) is 101 Å². The van der Waals surface area contributed by atoms with Crippen molar-refractivity contribution in [3.05, 3.63) is 76.8 Å². The van der Waals surface area contributed by atoms with Crippen LogP contribution in [-0.4, -0.2) is 47.3 Å². The van der Waals surface area contributed by atoms with Crippen molar-refractivity contribution >= 4 is 17.2 Å². The highest BCUT2D eigenvalue weighted by atomic mass is 19.4. The first-order chi connectivity index (χ1) is 20.4. The van der Waals surface area contributed by atoms with Crippen LogP contribution in [0.4, 0.5) is 18.9 Å². The number of carbonyl (C=O) groups is 1. The second kappa shape index (κ2) is 9.62. The van der Waals surface area contributed by atoms with Crippen LogP contribution >= 0.6 is 0 Å². The quantitative estimate of drug-likeness (QED) is 0.316. The molecule has 3 aromatic heterocycles. The maximum atomic E-state index is 14.5. The molecule has 1 aromatic carbocycles. The van der Waals surface area contributed by atoms with E-state index in [0.29, 0.717) is 17.3 Å². The predicted molar refractivity (Wildman–Crippen MR) is 153 cm³/mol. The number of nitrogens with one attached hydrogen (secondary N) is 1. The maximum absolute atomic E-state index is 14.5. The first-order valence-corrected chi connectivity index (χ1v) is 14.7. The minimum Gasteiger partial charge on any atom is -0.394 e. The number of pyridine rings is 1. The van der Waals surface area contributed by atoms with E-state index in [1.54, 1.807) is 18.7 Å². The van der Waals surface area contributed by atoms with Gasteiger partial charge in [0.2, 0.25) is 0 Å². The van der Waals surface area contributed by atoms with Crippen LogP contribution in [0.25, 0.3) is 5.65 Å². The van der Waals surface area contributed by atoms with Crippen molar-refractivity contribution in [3.8, 4) is 0 Å². The van der Waals surface area contributed by atoms with Gasteiger partial charge in [0, 0.05) is 36.7 Å². The van der Waals surface area contributed by atoms with Gasteiger partial charge >= 0.3 is 6.18 Å². The van der Waals surface area contributed by atoms with Crippen LogP contribution in [0.5, 0.6) is 0 Å². The molecule has 1 atom stereocenters. The Bertz CT molecular complexity index is 1730. The number of nitrogens with zero attached hydrogens (tertiary/aromatic N) is 6. The number of halogens is 3. The molecule has 1 aliphatic heterocycles. The van der Waals surface area contributed by atoms with Crippen LogP contribution in [0.1, 0.15) is 90.4 Å². The number of aliphatic hydroxyl groups excluding tert-OH is 1. The largest absolute Gasteiger partial charge is 0.416 e.